The van der Waals surface area contributed by atoms with Gasteiger partial charge in [-0.2, -0.15) is 0 Å². The topological polar surface area (TPSA) is 122 Å². The zero-order valence-electron chi connectivity index (χ0n) is 20.3. The zero-order chi connectivity index (χ0) is 26.5. The number of thioether (sulfide) groups is 1. The predicted octanol–water partition coefficient (Wildman–Crippen LogP) is 5.83. The molecule has 0 fully saturated rings. The molecule has 1 aliphatic carbocycles. The summed E-state index contributed by atoms with van der Waals surface area (Å²) in [5.74, 6) is -1.98. The summed E-state index contributed by atoms with van der Waals surface area (Å²) in [6, 6.07) is 22.0. The number of carboxylic acid groups (broad SMARTS) is 1. The van der Waals surface area contributed by atoms with Crippen molar-refractivity contribution in [1.29, 1.82) is 0 Å². The van der Waals surface area contributed by atoms with E-state index in [2.05, 4.69) is 15.6 Å². The second-order valence-electron chi connectivity index (χ2n) is 8.91. The van der Waals surface area contributed by atoms with E-state index in [4.69, 9.17) is 4.42 Å². The number of amides is 2. The quantitative estimate of drug-likeness (QED) is 0.195. The number of carbonyl (C=O) groups is 3. The summed E-state index contributed by atoms with van der Waals surface area (Å²) in [5.41, 5.74) is 3.59. The fourth-order valence-corrected chi connectivity index (χ4v) is 4.98. The van der Waals surface area contributed by atoms with E-state index in [9.17, 15) is 19.5 Å². The van der Waals surface area contributed by atoms with Crippen molar-refractivity contribution in [2.75, 3.05) is 16.4 Å². The number of carbonyl (C=O) groups excluding carboxylic acids is 2. The van der Waals surface area contributed by atoms with Gasteiger partial charge in [0, 0.05) is 21.8 Å². The Morgan fingerprint density at radius 1 is 0.868 bits per heavy atom. The molecule has 0 saturated heterocycles. The summed E-state index contributed by atoms with van der Waals surface area (Å²) in [6.45, 7) is 0. The maximum atomic E-state index is 12.6. The number of hydrogen-bond donors (Lipinski definition) is 3. The Hall–Kier alpha value is -4.37. The molecule has 0 bridgehead atoms. The van der Waals surface area contributed by atoms with Crippen molar-refractivity contribution in [2.24, 2.45) is 11.8 Å². The van der Waals surface area contributed by atoms with Crippen LogP contribution in [0, 0.1) is 11.8 Å². The number of aliphatic carboxylic acids is 1. The van der Waals surface area contributed by atoms with Gasteiger partial charge in [-0.15, -0.1) is 11.8 Å². The van der Waals surface area contributed by atoms with Crippen LogP contribution in [0.15, 0.2) is 94.3 Å². The fraction of sp³-hybridized carbons (Fsp3) is 0.172. The molecule has 0 aliphatic heterocycles. The van der Waals surface area contributed by atoms with Crippen LogP contribution in [0.25, 0.3) is 22.6 Å². The summed E-state index contributed by atoms with van der Waals surface area (Å²) >= 11 is 1.37. The lowest BCUT2D eigenvalue weighted by Crippen LogP contribution is -2.34. The van der Waals surface area contributed by atoms with Crippen LogP contribution < -0.4 is 10.6 Å². The highest BCUT2D eigenvalue weighted by Crippen LogP contribution is 2.28. The van der Waals surface area contributed by atoms with Gasteiger partial charge in [-0.1, -0.05) is 24.3 Å². The van der Waals surface area contributed by atoms with E-state index in [-0.39, 0.29) is 17.6 Å². The van der Waals surface area contributed by atoms with Crippen LogP contribution in [-0.2, 0) is 14.4 Å². The minimum Gasteiger partial charge on any atom is -0.481 e. The summed E-state index contributed by atoms with van der Waals surface area (Å²) in [7, 11) is 0. The first kappa shape index (κ1) is 25.3. The molecule has 0 radical (unpaired) electrons. The monoisotopic (exact) mass is 527 g/mol. The zero-order valence-corrected chi connectivity index (χ0v) is 21.1. The van der Waals surface area contributed by atoms with E-state index in [0.29, 0.717) is 30.1 Å². The van der Waals surface area contributed by atoms with Gasteiger partial charge in [0.2, 0.25) is 17.7 Å². The Morgan fingerprint density at radius 2 is 1.53 bits per heavy atom. The lowest BCUT2D eigenvalue weighted by Gasteiger charge is -2.24. The van der Waals surface area contributed by atoms with Crippen LogP contribution >= 0.6 is 11.8 Å². The van der Waals surface area contributed by atoms with E-state index in [1.807, 2.05) is 54.6 Å². The van der Waals surface area contributed by atoms with Gasteiger partial charge in [0.15, 0.2) is 5.58 Å². The highest BCUT2D eigenvalue weighted by Gasteiger charge is 2.33. The van der Waals surface area contributed by atoms with E-state index >= 15 is 0 Å². The largest absolute Gasteiger partial charge is 0.481 e. The van der Waals surface area contributed by atoms with E-state index in [0.717, 1.165) is 21.6 Å². The Kier molecular flexibility index (Phi) is 7.55. The van der Waals surface area contributed by atoms with Gasteiger partial charge in [0.25, 0.3) is 0 Å². The molecule has 9 heteroatoms. The number of carboxylic acids is 1. The van der Waals surface area contributed by atoms with Crippen LogP contribution in [0.2, 0.25) is 0 Å². The molecule has 1 heterocycles. The maximum absolute atomic E-state index is 12.6. The number of oxazole rings is 1. The first-order valence-electron chi connectivity index (χ1n) is 12.1. The Bertz CT molecular complexity index is 1460. The smallest absolute Gasteiger partial charge is 0.307 e. The number of hydrogen-bond acceptors (Lipinski definition) is 6. The summed E-state index contributed by atoms with van der Waals surface area (Å²) in [6.07, 6.45) is 4.42. The Morgan fingerprint density at radius 3 is 2.24 bits per heavy atom. The highest BCUT2D eigenvalue weighted by atomic mass is 32.2. The second kappa shape index (κ2) is 11.4. The molecule has 2 atom stereocenters. The van der Waals surface area contributed by atoms with Crippen LogP contribution in [0.5, 0.6) is 0 Å². The third-order valence-electron chi connectivity index (χ3n) is 6.29. The SMILES string of the molecule is O=C(CSc1ccc(NC(=O)C2CC=CCC2C(=O)O)cc1)Nc1ccc(-c2nc3ccccc3o2)cc1. The average molecular weight is 528 g/mol. The average Bonchev–Trinajstić information content (AvgIpc) is 3.37. The molecule has 1 aliphatic rings. The Labute approximate surface area is 223 Å². The molecule has 192 valence electrons. The first-order chi connectivity index (χ1) is 18.5. The molecule has 5 rings (SSSR count). The molecule has 0 saturated carbocycles. The number of benzene rings is 3. The standard InChI is InChI=1S/C29H25N3O5S/c33-26(30-19-11-9-18(10-12-19)28-32-24-7-3-4-8-25(24)37-28)17-38-21-15-13-20(14-16-21)31-27(34)22-5-1-2-6-23(22)29(35)36/h1-4,7-16,22-23H,5-6,17H2,(H,30,33)(H,31,34)(H,35,36). The van der Waals surface area contributed by atoms with E-state index < -0.39 is 17.8 Å². The molecular formula is C29H25N3O5S. The third-order valence-corrected chi connectivity index (χ3v) is 7.30. The van der Waals surface area contributed by atoms with Gasteiger partial charge in [-0.3, -0.25) is 14.4 Å². The molecule has 38 heavy (non-hydrogen) atoms. The van der Waals surface area contributed by atoms with Crippen LogP contribution in [0.3, 0.4) is 0 Å². The van der Waals surface area contributed by atoms with E-state index in [1.165, 1.54) is 11.8 Å². The van der Waals surface area contributed by atoms with Gasteiger partial charge in [-0.05, 0) is 73.5 Å². The maximum Gasteiger partial charge on any atom is 0.307 e. The van der Waals surface area contributed by atoms with Crippen molar-refractivity contribution in [3.63, 3.8) is 0 Å². The third kappa shape index (κ3) is 5.95. The van der Waals surface area contributed by atoms with Gasteiger partial charge in [0.1, 0.15) is 5.52 Å². The molecular weight excluding hydrogens is 502 g/mol. The van der Waals surface area contributed by atoms with Gasteiger partial charge in [-0.25, -0.2) is 4.98 Å². The molecule has 0 spiro atoms. The molecule has 3 aromatic carbocycles. The van der Waals surface area contributed by atoms with Crippen molar-refractivity contribution in [3.05, 3.63) is 84.9 Å². The van der Waals surface area contributed by atoms with Gasteiger partial charge < -0.3 is 20.2 Å². The minimum atomic E-state index is -0.960. The lowest BCUT2D eigenvalue weighted by molar-refractivity contribution is -0.146. The second-order valence-corrected chi connectivity index (χ2v) is 9.96. The van der Waals surface area contributed by atoms with E-state index in [1.54, 1.807) is 30.3 Å². The molecule has 2 amide bonds. The van der Waals surface area contributed by atoms with Crippen LogP contribution in [0.4, 0.5) is 11.4 Å². The number of nitrogens with zero attached hydrogens (tertiary/aromatic N) is 1. The van der Waals surface area contributed by atoms with Gasteiger partial charge >= 0.3 is 5.97 Å². The molecule has 3 N–H and O–H groups in total. The Balaban J connectivity index is 1.11. The number of rotatable bonds is 8. The summed E-state index contributed by atoms with van der Waals surface area (Å²) in [5, 5.41) is 15.1. The van der Waals surface area contributed by atoms with Crippen molar-refractivity contribution >= 4 is 52.0 Å². The van der Waals surface area contributed by atoms with Crippen LogP contribution in [0.1, 0.15) is 12.8 Å². The van der Waals surface area contributed by atoms with Crippen molar-refractivity contribution < 1.29 is 23.9 Å². The minimum absolute atomic E-state index is 0.146. The van der Waals surface area contributed by atoms with Crippen molar-refractivity contribution in [3.8, 4) is 11.5 Å². The normalized spacial score (nSPS) is 16.7. The molecule has 1 aromatic heterocycles. The fourth-order valence-electron chi connectivity index (χ4n) is 4.28. The number of nitrogens with one attached hydrogen (secondary N) is 2. The molecule has 2 unspecified atom stereocenters. The molecule has 4 aromatic rings. The number of aromatic nitrogens is 1. The number of allylic oxidation sites excluding steroid dienone is 2. The number of para-hydroxylation sites is 2. The number of anilines is 2. The van der Waals surface area contributed by atoms with Crippen molar-refractivity contribution in [2.45, 2.75) is 17.7 Å². The lowest BCUT2D eigenvalue weighted by atomic mass is 9.82. The highest BCUT2D eigenvalue weighted by molar-refractivity contribution is 8.00. The predicted molar refractivity (Wildman–Crippen MR) is 147 cm³/mol. The van der Waals surface area contributed by atoms with Crippen molar-refractivity contribution in [1.82, 2.24) is 4.98 Å². The number of fused-ring (bicyclic) bond motifs is 1. The first-order valence-corrected chi connectivity index (χ1v) is 13.1. The van der Waals surface area contributed by atoms with Gasteiger partial charge in [0.05, 0.1) is 17.6 Å². The molecule has 8 nitrogen and oxygen atoms in total. The van der Waals surface area contributed by atoms with Crippen LogP contribution in [-0.4, -0.2) is 33.6 Å². The summed E-state index contributed by atoms with van der Waals surface area (Å²) in [4.78, 5) is 41.9. The summed E-state index contributed by atoms with van der Waals surface area (Å²) < 4.78 is 5.79.